The van der Waals surface area contributed by atoms with Crippen molar-refractivity contribution >= 4 is 77.2 Å². The van der Waals surface area contributed by atoms with E-state index >= 15 is 0 Å². The normalized spacial score (nSPS) is 12.7. The third kappa shape index (κ3) is 3.14. The number of benzene rings is 7. The molecule has 0 amide bonds. The van der Waals surface area contributed by atoms with Crippen LogP contribution < -0.4 is 0 Å². The zero-order valence-electron chi connectivity index (χ0n) is 24.7. The largest absolute Gasteiger partial charge is 0.309 e. The number of fused-ring (bicyclic) bond motifs is 11. The minimum Gasteiger partial charge on any atom is -0.309 e. The minimum absolute atomic E-state index is 1.15. The van der Waals surface area contributed by atoms with Crippen molar-refractivity contribution < 1.29 is 0 Å². The predicted octanol–water partition coefficient (Wildman–Crippen LogP) is 11.4. The van der Waals surface area contributed by atoms with Gasteiger partial charge >= 0.3 is 0 Å². The number of para-hydroxylation sites is 4. The lowest BCUT2D eigenvalue weighted by Crippen LogP contribution is -2.05. The molecule has 0 bridgehead atoms. The number of rotatable bonds is 2. The third-order valence-corrected chi connectivity index (χ3v) is 10.9. The lowest BCUT2D eigenvalue weighted by molar-refractivity contribution is 1.02. The van der Waals surface area contributed by atoms with Gasteiger partial charge in [-0.1, -0.05) is 96.7 Å². The van der Waals surface area contributed by atoms with Gasteiger partial charge < -0.3 is 4.57 Å². The average Bonchev–Trinajstić information content (AvgIpc) is 3.74. The molecular weight excluding hydrogens is 579 g/mol. The molecule has 3 nitrogen and oxygen atoms in total. The molecule has 0 aliphatic carbocycles. The van der Waals surface area contributed by atoms with Crippen LogP contribution in [-0.4, -0.2) is 13.7 Å². The van der Waals surface area contributed by atoms with Crippen LogP contribution in [0.4, 0.5) is 0 Å². The summed E-state index contributed by atoms with van der Waals surface area (Å²) in [5.41, 5.74) is 9.72. The molecule has 214 valence electrons. The molecule has 10 aromatic rings. The van der Waals surface area contributed by atoms with Gasteiger partial charge in [0.05, 0.1) is 27.8 Å². The van der Waals surface area contributed by atoms with E-state index < -0.39 is 0 Å². The molecule has 4 heterocycles. The summed E-state index contributed by atoms with van der Waals surface area (Å²) < 4.78 is 7.38. The summed E-state index contributed by atoms with van der Waals surface area (Å²) in [6.45, 7) is 0. The Morgan fingerprint density at radius 1 is 0.391 bits per heavy atom. The van der Waals surface area contributed by atoms with Gasteiger partial charge in [0.1, 0.15) is 5.65 Å². The summed E-state index contributed by atoms with van der Waals surface area (Å²) in [4.78, 5) is 2.59. The Morgan fingerprint density at radius 3 is 1.83 bits per heavy atom. The van der Waals surface area contributed by atoms with Crippen molar-refractivity contribution in [3.8, 4) is 17.1 Å². The average molecular weight is 604 g/mol. The topological polar surface area (TPSA) is 14.8 Å². The Kier molecular flexibility index (Phi) is 4.78. The quantitative estimate of drug-likeness (QED) is 0.192. The van der Waals surface area contributed by atoms with E-state index in [4.69, 9.17) is 0 Å². The van der Waals surface area contributed by atoms with E-state index in [2.05, 4.69) is 165 Å². The number of hydrogen-bond acceptors (Lipinski definition) is 1. The molecule has 7 aromatic carbocycles. The molecule has 46 heavy (non-hydrogen) atoms. The van der Waals surface area contributed by atoms with Crippen molar-refractivity contribution in [1.29, 1.82) is 0 Å². The van der Waals surface area contributed by atoms with E-state index in [1.54, 1.807) is 0 Å². The van der Waals surface area contributed by atoms with Crippen LogP contribution in [0.2, 0.25) is 0 Å². The highest BCUT2D eigenvalue weighted by molar-refractivity contribution is 7.99. The molecule has 1 aliphatic heterocycles. The molecule has 0 spiro atoms. The van der Waals surface area contributed by atoms with Gasteiger partial charge in [-0.2, -0.15) is 0 Å². The highest BCUT2D eigenvalue weighted by atomic mass is 32.2. The van der Waals surface area contributed by atoms with Crippen LogP contribution in [0.3, 0.4) is 0 Å². The van der Waals surface area contributed by atoms with Crippen molar-refractivity contribution in [2.24, 2.45) is 0 Å². The molecule has 0 fully saturated rings. The molecular formula is C42H25N3S. The molecule has 0 N–H and O–H groups in total. The standard InChI is InChI=1S/C42H25N3S/c1-2-11-27-25-37-33(24-26(27)10-1)30-12-3-5-15-34(30)43(37)28-20-22-29(23-21-28)44-35-16-6-4-13-31(35)40-32-14-9-19-39-41(32)45(42(40)44)36-17-7-8-18-38(36)46-39/h1-25H. The Bertz CT molecular complexity index is 2880. The molecule has 0 unspecified atom stereocenters. The van der Waals surface area contributed by atoms with Crippen LogP contribution >= 0.6 is 11.8 Å². The van der Waals surface area contributed by atoms with Crippen LogP contribution in [0.15, 0.2) is 161 Å². The SMILES string of the molecule is c1ccc2c(c1)Sc1cccc3c4c5ccccc5n(-c5ccc(-n6c7ccccc7c7cc8ccccc8cc76)cc5)c4n-2c13. The van der Waals surface area contributed by atoms with Crippen LogP contribution in [0, 0.1) is 0 Å². The van der Waals surface area contributed by atoms with E-state index in [1.807, 2.05) is 11.8 Å². The van der Waals surface area contributed by atoms with Gasteiger partial charge in [-0.25, -0.2) is 0 Å². The van der Waals surface area contributed by atoms with E-state index in [-0.39, 0.29) is 0 Å². The lowest BCUT2D eigenvalue weighted by Gasteiger charge is -2.21. The first-order valence-corrected chi connectivity index (χ1v) is 16.5. The van der Waals surface area contributed by atoms with Crippen molar-refractivity contribution in [1.82, 2.24) is 13.7 Å². The van der Waals surface area contributed by atoms with E-state index in [0.717, 1.165) is 11.4 Å². The van der Waals surface area contributed by atoms with Crippen molar-refractivity contribution in [2.75, 3.05) is 0 Å². The zero-order valence-corrected chi connectivity index (χ0v) is 25.5. The second-order valence-electron chi connectivity index (χ2n) is 12.2. The lowest BCUT2D eigenvalue weighted by atomic mass is 10.1. The fourth-order valence-corrected chi connectivity index (χ4v) is 8.97. The van der Waals surface area contributed by atoms with Crippen molar-refractivity contribution in [3.63, 3.8) is 0 Å². The molecule has 0 saturated heterocycles. The Labute approximate surface area is 268 Å². The molecule has 11 rings (SSSR count). The van der Waals surface area contributed by atoms with Gasteiger partial charge in [0, 0.05) is 48.1 Å². The maximum Gasteiger partial charge on any atom is 0.131 e. The molecule has 3 aromatic heterocycles. The van der Waals surface area contributed by atoms with Crippen LogP contribution in [0.1, 0.15) is 0 Å². The first-order chi connectivity index (χ1) is 22.8. The van der Waals surface area contributed by atoms with Gasteiger partial charge in [-0.05, 0) is 77.5 Å². The monoisotopic (exact) mass is 603 g/mol. The van der Waals surface area contributed by atoms with Gasteiger partial charge in [0.15, 0.2) is 0 Å². The van der Waals surface area contributed by atoms with E-state index in [1.165, 1.54) is 80.9 Å². The van der Waals surface area contributed by atoms with Crippen LogP contribution in [0.25, 0.3) is 82.5 Å². The van der Waals surface area contributed by atoms with Crippen LogP contribution in [-0.2, 0) is 0 Å². The Hall–Kier alpha value is -5.71. The second kappa shape index (κ2) is 8.94. The molecule has 0 radical (unpaired) electrons. The Morgan fingerprint density at radius 2 is 1.00 bits per heavy atom. The van der Waals surface area contributed by atoms with E-state index in [0.29, 0.717) is 0 Å². The smallest absolute Gasteiger partial charge is 0.131 e. The zero-order chi connectivity index (χ0) is 29.9. The maximum absolute atomic E-state index is 2.50. The first-order valence-electron chi connectivity index (χ1n) is 15.7. The highest BCUT2D eigenvalue weighted by Gasteiger charge is 2.27. The van der Waals surface area contributed by atoms with E-state index in [9.17, 15) is 0 Å². The van der Waals surface area contributed by atoms with Gasteiger partial charge in [-0.3, -0.25) is 9.13 Å². The summed E-state index contributed by atoms with van der Waals surface area (Å²) in [7, 11) is 0. The summed E-state index contributed by atoms with van der Waals surface area (Å²) in [5.74, 6) is 0. The number of aromatic nitrogens is 3. The number of nitrogens with zero attached hydrogens (tertiary/aromatic N) is 3. The van der Waals surface area contributed by atoms with Gasteiger partial charge in [0.2, 0.25) is 0 Å². The van der Waals surface area contributed by atoms with Gasteiger partial charge in [-0.15, -0.1) is 0 Å². The Balaban J connectivity index is 1.20. The molecule has 0 saturated carbocycles. The predicted molar refractivity (Wildman–Crippen MR) is 194 cm³/mol. The summed E-state index contributed by atoms with van der Waals surface area (Å²) in [6.07, 6.45) is 0. The summed E-state index contributed by atoms with van der Waals surface area (Å²) in [6, 6.07) is 55.6. The van der Waals surface area contributed by atoms with Gasteiger partial charge in [0.25, 0.3) is 0 Å². The number of hydrogen-bond donors (Lipinski definition) is 0. The fraction of sp³-hybridized carbons (Fsp3) is 0. The summed E-state index contributed by atoms with van der Waals surface area (Å²) in [5, 5.41) is 8.97. The van der Waals surface area contributed by atoms with Crippen molar-refractivity contribution in [3.05, 3.63) is 152 Å². The minimum atomic E-state index is 1.15. The van der Waals surface area contributed by atoms with Crippen molar-refractivity contribution in [2.45, 2.75) is 9.79 Å². The molecule has 1 aliphatic rings. The highest BCUT2D eigenvalue weighted by Crippen LogP contribution is 2.49. The fourth-order valence-electron chi connectivity index (χ4n) is 7.87. The maximum atomic E-state index is 2.50. The first kappa shape index (κ1) is 24.6. The van der Waals surface area contributed by atoms with Crippen LogP contribution in [0.5, 0.6) is 0 Å². The third-order valence-electron chi connectivity index (χ3n) is 9.79. The molecule has 4 heteroatoms. The second-order valence-corrected chi connectivity index (χ2v) is 13.3. The summed E-state index contributed by atoms with van der Waals surface area (Å²) >= 11 is 1.87. The molecule has 0 atom stereocenters.